The first-order valence-corrected chi connectivity index (χ1v) is 9.13. The highest BCUT2D eigenvalue weighted by Crippen LogP contribution is 2.32. The molecule has 9 nitrogen and oxygen atoms in total. The summed E-state index contributed by atoms with van der Waals surface area (Å²) >= 11 is 0. The molecule has 0 radical (unpaired) electrons. The van der Waals surface area contributed by atoms with Gasteiger partial charge in [-0.2, -0.15) is 0 Å². The average molecular weight is 402 g/mol. The van der Waals surface area contributed by atoms with E-state index in [4.69, 9.17) is 18.9 Å². The number of nitro benzene ring substituents is 1. The number of amides is 1. The predicted molar refractivity (Wildman–Crippen MR) is 104 cm³/mol. The summed E-state index contributed by atoms with van der Waals surface area (Å²) in [7, 11) is 1.42. The summed E-state index contributed by atoms with van der Waals surface area (Å²) in [6, 6.07) is 11.3. The number of rotatable bonds is 8. The minimum atomic E-state index is -0.537. The molecule has 29 heavy (non-hydrogen) atoms. The number of methoxy groups -OCH3 is 1. The second-order valence-electron chi connectivity index (χ2n) is 6.31. The van der Waals surface area contributed by atoms with Crippen molar-refractivity contribution in [2.75, 3.05) is 33.4 Å². The Labute approximate surface area is 167 Å². The van der Waals surface area contributed by atoms with Crippen molar-refractivity contribution in [3.05, 3.63) is 52.6 Å². The van der Waals surface area contributed by atoms with E-state index in [9.17, 15) is 14.9 Å². The lowest BCUT2D eigenvalue weighted by Gasteiger charge is -2.30. The first-order valence-electron chi connectivity index (χ1n) is 9.13. The molecule has 0 saturated carbocycles. The number of carbonyl (C=O) groups excluding carboxylic acids is 1. The quantitative estimate of drug-likeness (QED) is 0.494. The Kier molecular flexibility index (Phi) is 6.38. The van der Waals surface area contributed by atoms with Crippen LogP contribution in [-0.4, -0.2) is 55.2 Å². The summed E-state index contributed by atoms with van der Waals surface area (Å²) in [5.74, 6) is 1.50. The van der Waals surface area contributed by atoms with Gasteiger partial charge in [0.2, 0.25) is 0 Å². The molecule has 0 saturated heterocycles. The Hall–Kier alpha value is -3.49. The lowest BCUT2D eigenvalue weighted by molar-refractivity contribution is -0.385. The van der Waals surface area contributed by atoms with Crippen molar-refractivity contribution < 1.29 is 28.7 Å². The van der Waals surface area contributed by atoms with Gasteiger partial charge in [-0.25, -0.2) is 0 Å². The molecule has 0 aliphatic carbocycles. The summed E-state index contributed by atoms with van der Waals surface area (Å²) < 4.78 is 22.2. The van der Waals surface area contributed by atoms with Gasteiger partial charge in [0.25, 0.3) is 11.6 Å². The van der Waals surface area contributed by atoms with E-state index in [1.165, 1.54) is 25.3 Å². The first-order chi connectivity index (χ1) is 14.0. The SMILES string of the molecule is CCN(C[C@@H]1COc2ccccc2O1)C(=O)COc1cc([N+](=O)[O-])ccc1OC. The fourth-order valence-corrected chi connectivity index (χ4v) is 2.93. The number of fused-ring (bicyclic) bond motifs is 1. The molecule has 3 rings (SSSR count). The highest BCUT2D eigenvalue weighted by molar-refractivity contribution is 5.78. The van der Waals surface area contributed by atoms with Gasteiger partial charge < -0.3 is 23.8 Å². The number of para-hydroxylation sites is 2. The van der Waals surface area contributed by atoms with Crippen LogP contribution in [0, 0.1) is 10.1 Å². The van der Waals surface area contributed by atoms with Crippen LogP contribution in [0.2, 0.25) is 0 Å². The van der Waals surface area contributed by atoms with Crippen LogP contribution in [0.4, 0.5) is 5.69 Å². The van der Waals surface area contributed by atoms with Crippen molar-refractivity contribution in [3.63, 3.8) is 0 Å². The van der Waals surface area contributed by atoms with E-state index < -0.39 is 4.92 Å². The van der Waals surface area contributed by atoms with Gasteiger partial charge >= 0.3 is 0 Å². The second kappa shape index (κ2) is 9.13. The van der Waals surface area contributed by atoms with Gasteiger partial charge in [-0.05, 0) is 25.1 Å². The van der Waals surface area contributed by atoms with E-state index in [-0.39, 0.29) is 30.1 Å². The number of nitro groups is 1. The van der Waals surface area contributed by atoms with E-state index in [1.807, 2.05) is 31.2 Å². The van der Waals surface area contributed by atoms with Crippen molar-refractivity contribution in [3.8, 4) is 23.0 Å². The number of hydrogen-bond donors (Lipinski definition) is 0. The molecule has 2 aromatic rings. The predicted octanol–water partition coefficient (Wildman–Crippen LogP) is 2.67. The van der Waals surface area contributed by atoms with Crippen LogP contribution in [-0.2, 0) is 4.79 Å². The highest BCUT2D eigenvalue weighted by Gasteiger charge is 2.25. The van der Waals surface area contributed by atoms with Crippen LogP contribution in [0.25, 0.3) is 0 Å². The van der Waals surface area contributed by atoms with Crippen LogP contribution in [0.3, 0.4) is 0 Å². The van der Waals surface area contributed by atoms with Crippen molar-refractivity contribution in [2.24, 2.45) is 0 Å². The zero-order valence-corrected chi connectivity index (χ0v) is 16.2. The van der Waals surface area contributed by atoms with Crippen molar-refractivity contribution >= 4 is 11.6 Å². The van der Waals surface area contributed by atoms with Gasteiger partial charge in [0.1, 0.15) is 6.61 Å². The van der Waals surface area contributed by atoms with Crippen LogP contribution in [0.15, 0.2) is 42.5 Å². The van der Waals surface area contributed by atoms with Gasteiger partial charge in [0.05, 0.1) is 24.6 Å². The van der Waals surface area contributed by atoms with Crippen LogP contribution < -0.4 is 18.9 Å². The second-order valence-corrected chi connectivity index (χ2v) is 6.31. The molecule has 0 spiro atoms. The Morgan fingerprint density at radius 1 is 1.24 bits per heavy atom. The average Bonchev–Trinajstić information content (AvgIpc) is 2.75. The number of nitrogens with zero attached hydrogens (tertiary/aromatic N) is 2. The third-order valence-electron chi connectivity index (χ3n) is 4.44. The first kappa shape index (κ1) is 20.2. The molecule has 1 amide bonds. The monoisotopic (exact) mass is 402 g/mol. The summed E-state index contributed by atoms with van der Waals surface area (Å²) in [6.45, 7) is 2.69. The molecule has 0 fully saturated rings. The lowest BCUT2D eigenvalue weighted by atomic mass is 10.2. The Balaban J connectivity index is 1.61. The Bertz CT molecular complexity index is 887. The van der Waals surface area contributed by atoms with Gasteiger partial charge in [-0.3, -0.25) is 14.9 Å². The Morgan fingerprint density at radius 3 is 2.69 bits per heavy atom. The summed E-state index contributed by atoms with van der Waals surface area (Å²) in [5.41, 5.74) is -0.146. The van der Waals surface area contributed by atoms with Crippen LogP contribution >= 0.6 is 0 Å². The molecule has 0 aromatic heterocycles. The minimum Gasteiger partial charge on any atom is -0.493 e. The minimum absolute atomic E-state index is 0.136. The van der Waals surface area contributed by atoms with Gasteiger partial charge in [-0.15, -0.1) is 0 Å². The maximum Gasteiger partial charge on any atom is 0.273 e. The maximum absolute atomic E-state index is 12.6. The maximum atomic E-state index is 12.6. The summed E-state index contributed by atoms with van der Waals surface area (Å²) in [5, 5.41) is 11.0. The summed E-state index contributed by atoms with van der Waals surface area (Å²) in [6.07, 6.45) is -0.304. The van der Waals surface area contributed by atoms with Crippen molar-refractivity contribution in [1.82, 2.24) is 4.90 Å². The number of likely N-dealkylation sites (N-methyl/N-ethyl adjacent to an activating group) is 1. The smallest absolute Gasteiger partial charge is 0.273 e. The van der Waals surface area contributed by atoms with E-state index in [2.05, 4.69) is 0 Å². The normalized spacial score (nSPS) is 14.8. The van der Waals surface area contributed by atoms with Gasteiger partial charge in [-0.1, -0.05) is 12.1 Å². The molecule has 0 bridgehead atoms. The van der Waals surface area contributed by atoms with Gasteiger partial charge in [0, 0.05) is 12.6 Å². The third-order valence-corrected chi connectivity index (χ3v) is 4.44. The fraction of sp³-hybridized carbons (Fsp3) is 0.350. The molecule has 2 aromatic carbocycles. The lowest BCUT2D eigenvalue weighted by Crippen LogP contribution is -2.45. The zero-order chi connectivity index (χ0) is 20.8. The summed E-state index contributed by atoms with van der Waals surface area (Å²) in [4.78, 5) is 24.6. The molecule has 1 heterocycles. The molecule has 1 aliphatic heterocycles. The number of ether oxygens (including phenoxy) is 4. The van der Waals surface area contributed by atoms with E-state index in [1.54, 1.807) is 4.90 Å². The van der Waals surface area contributed by atoms with E-state index in [0.29, 0.717) is 36.9 Å². The largest absolute Gasteiger partial charge is 0.493 e. The van der Waals surface area contributed by atoms with Crippen LogP contribution in [0.1, 0.15) is 6.92 Å². The topological polar surface area (TPSA) is 100 Å². The number of non-ortho nitro benzene ring substituents is 1. The number of benzene rings is 2. The molecule has 1 atom stereocenters. The standard InChI is InChI=1S/C20H22N2O7/c1-3-21(11-15-12-27-17-6-4-5-7-18(17)29-15)20(23)13-28-19-10-14(22(24)25)8-9-16(19)26-2/h4-10,15H,3,11-13H2,1-2H3/t15-/m1/s1. The molecule has 9 heteroatoms. The van der Waals surface area contributed by atoms with Crippen LogP contribution in [0.5, 0.6) is 23.0 Å². The third kappa shape index (κ3) is 4.87. The Morgan fingerprint density at radius 2 is 2.00 bits per heavy atom. The van der Waals surface area contributed by atoms with E-state index >= 15 is 0 Å². The van der Waals surface area contributed by atoms with Crippen molar-refractivity contribution in [1.29, 1.82) is 0 Å². The van der Waals surface area contributed by atoms with Gasteiger partial charge in [0.15, 0.2) is 35.7 Å². The number of hydrogen-bond acceptors (Lipinski definition) is 7. The van der Waals surface area contributed by atoms with E-state index in [0.717, 1.165) is 0 Å². The molecule has 154 valence electrons. The number of carbonyl (C=O) groups is 1. The molecule has 0 unspecified atom stereocenters. The highest BCUT2D eigenvalue weighted by atomic mass is 16.6. The zero-order valence-electron chi connectivity index (χ0n) is 16.2. The molecular formula is C20H22N2O7. The molecule has 0 N–H and O–H groups in total. The fourth-order valence-electron chi connectivity index (χ4n) is 2.93. The molecule has 1 aliphatic rings. The molecular weight excluding hydrogens is 380 g/mol. The van der Waals surface area contributed by atoms with Crippen molar-refractivity contribution in [2.45, 2.75) is 13.0 Å².